The summed E-state index contributed by atoms with van der Waals surface area (Å²) in [6.45, 7) is 4.32. The molecule has 0 aliphatic carbocycles. The summed E-state index contributed by atoms with van der Waals surface area (Å²) in [5, 5.41) is 8.12. The van der Waals surface area contributed by atoms with Crippen molar-refractivity contribution in [1.29, 1.82) is 0 Å². The molecule has 1 fully saturated rings. The first-order chi connectivity index (χ1) is 8.83. The Kier molecular flexibility index (Phi) is 3.15. The molecule has 1 N–H and O–H groups in total. The van der Waals surface area contributed by atoms with E-state index in [1.807, 2.05) is 0 Å². The topological polar surface area (TPSA) is 29.9 Å². The van der Waals surface area contributed by atoms with Gasteiger partial charge in [0.05, 0.1) is 11.7 Å². The lowest BCUT2D eigenvalue weighted by Crippen LogP contribution is -2.29. The summed E-state index contributed by atoms with van der Waals surface area (Å²) in [6.07, 6.45) is 4.47. The Morgan fingerprint density at radius 3 is 2.83 bits per heavy atom. The average molecular weight is 241 g/mol. The monoisotopic (exact) mass is 241 g/mol. The lowest BCUT2D eigenvalue weighted by molar-refractivity contribution is 0.343. The van der Waals surface area contributed by atoms with Crippen LogP contribution in [0.15, 0.2) is 36.5 Å². The van der Waals surface area contributed by atoms with Crippen LogP contribution in [-0.4, -0.2) is 22.9 Å². The zero-order valence-electron chi connectivity index (χ0n) is 10.8. The van der Waals surface area contributed by atoms with Crippen LogP contribution in [0.2, 0.25) is 0 Å². The molecule has 1 aromatic carbocycles. The van der Waals surface area contributed by atoms with Gasteiger partial charge in [-0.05, 0) is 45.0 Å². The highest BCUT2D eigenvalue weighted by Crippen LogP contribution is 2.22. The van der Waals surface area contributed by atoms with E-state index in [4.69, 9.17) is 5.10 Å². The molecule has 1 aliphatic heterocycles. The predicted molar refractivity (Wildman–Crippen MR) is 73.5 cm³/mol. The van der Waals surface area contributed by atoms with E-state index in [1.54, 1.807) is 0 Å². The molecule has 1 aliphatic rings. The quantitative estimate of drug-likeness (QED) is 0.876. The second-order valence-electron chi connectivity index (χ2n) is 5.03. The highest BCUT2D eigenvalue weighted by Gasteiger charge is 2.15. The molecule has 3 nitrogen and oxygen atoms in total. The van der Waals surface area contributed by atoms with Gasteiger partial charge in [-0.2, -0.15) is 5.10 Å². The van der Waals surface area contributed by atoms with Crippen LogP contribution in [-0.2, 0) is 0 Å². The number of aryl methyl sites for hydroxylation is 1. The number of rotatable bonds is 2. The number of benzene rings is 1. The minimum Gasteiger partial charge on any atom is -0.317 e. The molecule has 0 amide bonds. The van der Waals surface area contributed by atoms with Crippen LogP contribution in [0.25, 0.3) is 11.3 Å². The molecule has 0 saturated carbocycles. The van der Waals surface area contributed by atoms with Gasteiger partial charge in [-0.3, -0.25) is 4.68 Å². The van der Waals surface area contributed by atoms with E-state index in [2.05, 4.69) is 53.5 Å². The van der Waals surface area contributed by atoms with Crippen LogP contribution in [0.3, 0.4) is 0 Å². The highest BCUT2D eigenvalue weighted by atomic mass is 15.3. The van der Waals surface area contributed by atoms with E-state index in [1.165, 1.54) is 24.0 Å². The molecule has 1 aromatic heterocycles. The number of piperidine rings is 1. The lowest BCUT2D eigenvalue weighted by Gasteiger charge is -2.22. The number of nitrogens with one attached hydrogen (secondary N) is 1. The molecule has 94 valence electrons. The summed E-state index contributed by atoms with van der Waals surface area (Å²) >= 11 is 0. The van der Waals surface area contributed by atoms with Crippen molar-refractivity contribution < 1.29 is 0 Å². The maximum Gasteiger partial charge on any atom is 0.0923 e. The molecule has 3 rings (SSSR count). The van der Waals surface area contributed by atoms with Crippen molar-refractivity contribution in [3.8, 4) is 11.3 Å². The van der Waals surface area contributed by atoms with E-state index >= 15 is 0 Å². The molecule has 0 radical (unpaired) electrons. The zero-order valence-corrected chi connectivity index (χ0v) is 10.8. The highest BCUT2D eigenvalue weighted by molar-refractivity contribution is 5.59. The largest absolute Gasteiger partial charge is 0.317 e. The fourth-order valence-electron chi connectivity index (χ4n) is 2.57. The number of hydrogen-bond acceptors (Lipinski definition) is 2. The van der Waals surface area contributed by atoms with E-state index in [0.29, 0.717) is 6.04 Å². The smallest absolute Gasteiger partial charge is 0.0923 e. The van der Waals surface area contributed by atoms with Crippen LogP contribution in [0, 0.1) is 6.92 Å². The number of nitrogens with zero attached hydrogens (tertiary/aromatic N) is 2. The molecule has 0 atom stereocenters. The Morgan fingerprint density at radius 2 is 2.06 bits per heavy atom. The minimum atomic E-state index is 0.560. The molecule has 2 heterocycles. The Hall–Kier alpha value is -1.61. The maximum atomic E-state index is 4.73. The van der Waals surface area contributed by atoms with Gasteiger partial charge < -0.3 is 5.32 Å². The number of hydrogen-bond donors (Lipinski definition) is 1. The van der Waals surface area contributed by atoms with Gasteiger partial charge in [0.2, 0.25) is 0 Å². The van der Waals surface area contributed by atoms with E-state index in [9.17, 15) is 0 Å². The van der Waals surface area contributed by atoms with Crippen LogP contribution < -0.4 is 5.32 Å². The van der Waals surface area contributed by atoms with Gasteiger partial charge in [0.15, 0.2) is 0 Å². The average Bonchev–Trinajstić information content (AvgIpc) is 2.89. The van der Waals surface area contributed by atoms with Crippen molar-refractivity contribution >= 4 is 0 Å². The summed E-state index contributed by atoms with van der Waals surface area (Å²) in [4.78, 5) is 0. The Morgan fingerprint density at radius 1 is 1.22 bits per heavy atom. The van der Waals surface area contributed by atoms with Crippen LogP contribution in [0.4, 0.5) is 0 Å². The normalized spacial score (nSPS) is 16.9. The van der Waals surface area contributed by atoms with Crippen molar-refractivity contribution in [3.05, 3.63) is 42.1 Å². The number of aromatic nitrogens is 2. The predicted octanol–water partition coefficient (Wildman–Crippen LogP) is 2.78. The summed E-state index contributed by atoms with van der Waals surface area (Å²) in [7, 11) is 0. The Labute approximate surface area is 108 Å². The SMILES string of the molecule is Cc1cccc(-c2ccn(C3CCNCC3)n2)c1. The third-order valence-corrected chi connectivity index (χ3v) is 3.60. The van der Waals surface area contributed by atoms with Crippen LogP contribution >= 0.6 is 0 Å². The first kappa shape index (κ1) is 11.5. The van der Waals surface area contributed by atoms with E-state index in [-0.39, 0.29) is 0 Å². The molecular weight excluding hydrogens is 222 g/mol. The molecule has 0 unspecified atom stereocenters. The maximum absolute atomic E-state index is 4.73. The Balaban J connectivity index is 1.84. The molecule has 0 spiro atoms. The van der Waals surface area contributed by atoms with Gasteiger partial charge in [-0.25, -0.2) is 0 Å². The first-order valence-corrected chi connectivity index (χ1v) is 6.66. The van der Waals surface area contributed by atoms with Crippen molar-refractivity contribution in [2.75, 3.05) is 13.1 Å². The van der Waals surface area contributed by atoms with Gasteiger partial charge in [-0.1, -0.05) is 23.8 Å². The Bertz CT molecular complexity index is 524. The van der Waals surface area contributed by atoms with Crippen LogP contribution in [0.1, 0.15) is 24.4 Å². The summed E-state index contributed by atoms with van der Waals surface area (Å²) in [6, 6.07) is 11.2. The first-order valence-electron chi connectivity index (χ1n) is 6.66. The molecule has 1 saturated heterocycles. The fourth-order valence-corrected chi connectivity index (χ4v) is 2.57. The standard InChI is InChI=1S/C15H19N3/c1-12-3-2-4-13(11-12)15-7-10-18(17-15)14-5-8-16-9-6-14/h2-4,7,10-11,14,16H,5-6,8-9H2,1H3. The molecule has 0 bridgehead atoms. The third kappa shape index (κ3) is 2.31. The van der Waals surface area contributed by atoms with Crippen molar-refractivity contribution in [1.82, 2.24) is 15.1 Å². The van der Waals surface area contributed by atoms with Gasteiger partial charge in [0.1, 0.15) is 0 Å². The second kappa shape index (κ2) is 4.94. The zero-order chi connectivity index (χ0) is 12.4. The summed E-state index contributed by atoms with van der Waals surface area (Å²) < 4.78 is 2.14. The van der Waals surface area contributed by atoms with E-state index in [0.717, 1.165) is 18.8 Å². The van der Waals surface area contributed by atoms with Crippen molar-refractivity contribution in [2.45, 2.75) is 25.8 Å². The molecule has 2 aromatic rings. The lowest BCUT2D eigenvalue weighted by atomic mass is 10.1. The second-order valence-corrected chi connectivity index (χ2v) is 5.03. The molecular formula is C15H19N3. The van der Waals surface area contributed by atoms with Crippen molar-refractivity contribution in [3.63, 3.8) is 0 Å². The summed E-state index contributed by atoms with van der Waals surface area (Å²) in [5.41, 5.74) is 3.57. The fraction of sp³-hybridized carbons (Fsp3) is 0.400. The van der Waals surface area contributed by atoms with E-state index < -0.39 is 0 Å². The third-order valence-electron chi connectivity index (χ3n) is 3.60. The van der Waals surface area contributed by atoms with Gasteiger partial charge in [0.25, 0.3) is 0 Å². The minimum absolute atomic E-state index is 0.560. The van der Waals surface area contributed by atoms with Crippen LogP contribution in [0.5, 0.6) is 0 Å². The molecule has 18 heavy (non-hydrogen) atoms. The van der Waals surface area contributed by atoms with Gasteiger partial charge in [0, 0.05) is 11.8 Å². The van der Waals surface area contributed by atoms with Gasteiger partial charge in [-0.15, -0.1) is 0 Å². The molecule has 3 heteroatoms. The van der Waals surface area contributed by atoms with Gasteiger partial charge >= 0.3 is 0 Å². The van der Waals surface area contributed by atoms with Crippen molar-refractivity contribution in [2.24, 2.45) is 0 Å². The summed E-state index contributed by atoms with van der Waals surface area (Å²) in [5.74, 6) is 0.